The van der Waals surface area contributed by atoms with Crippen LogP contribution in [0.25, 0.3) is 0 Å². The maximum absolute atomic E-state index is 12.9. The number of halogens is 1. The maximum Gasteiger partial charge on any atom is 0.123 e. The Balaban J connectivity index is 2.32. The third-order valence-corrected chi connectivity index (χ3v) is 2.81. The molecule has 1 unspecified atom stereocenters. The van der Waals surface area contributed by atoms with Gasteiger partial charge >= 0.3 is 0 Å². The molecule has 0 bridgehead atoms. The Labute approximate surface area is 86.0 Å². The Morgan fingerprint density at radius 3 is 2.71 bits per heavy atom. The summed E-state index contributed by atoms with van der Waals surface area (Å²) in [7, 11) is 0. The summed E-state index contributed by atoms with van der Waals surface area (Å²) in [5.41, 5.74) is 7.81. The van der Waals surface area contributed by atoms with Crippen LogP contribution in [0.15, 0.2) is 41.1 Å². The van der Waals surface area contributed by atoms with Crippen molar-refractivity contribution >= 4 is 11.3 Å². The molecule has 0 aliphatic carbocycles. The van der Waals surface area contributed by atoms with Crippen molar-refractivity contribution in [1.82, 2.24) is 0 Å². The predicted molar refractivity (Wildman–Crippen MR) is 56.7 cm³/mol. The Morgan fingerprint density at radius 1 is 1.21 bits per heavy atom. The summed E-state index contributed by atoms with van der Waals surface area (Å²) in [5.74, 6) is -0.242. The van der Waals surface area contributed by atoms with E-state index in [2.05, 4.69) is 0 Å². The van der Waals surface area contributed by atoms with Gasteiger partial charge in [-0.3, -0.25) is 0 Å². The lowest BCUT2D eigenvalue weighted by Gasteiger charge is -2.09. The minimum absolute atomic E-state index is 0.225. The van der Waals surface area contributed by atoms with E-state index < -0.39 is 0 Å². The monoisotopic (exact) mass is 207 g/mol. The molecule has 1 heterocycles. The summed E-state index contributed by atoms with van der Waals surface area (Å²) in [6.45, 7) is 0. The minimum atomic E-state index is -0.242. The van der Waals surface area contributed by atoms with Crippen LogP contribution in [0.2, 0.25) is 0 Å². The molecule has 2 N–H and O–H groups in total. The lowest BCUT2D eigenvalue weighted by Crippen LogP contribution is -2.10. The highest BCUT2D eigenvalue weighted by molar-refractivity contribution is 7.08. The number of nitrogens with two attached hydrogens (primary N) is 1. The highest BCUT2D eigenvalue weighted by atomic mass is 32.1. The van der Waals surface area contributed by atoms with Crippen molar-refractivity contribution < 1.29 is 4.39 Å². The number of thiophene rings is 1. The van der Waals surface area contributed by atoms with Gasteiger partial charge in [-0.1, -0.05) is 12.1 Å². The average Bonchev–Trinajstić information content (AvgIpc) is 2.69. The number of hydrogen-bond acceptors (Lipinski definition) is 2. The lowest BCUT2D eigenvalue weighted by molar-refractivity contribution is 0.623. The molecule has 2 aromatic rings. The Kier molecular flexibility index (Phi) is 2.61. The van der Waals surface area contributed by atoms with Gasteiger partial charge in [-0.25, -0.2) is 4.39 Å². The molecule has 0 aliphatic heterocycles. The second-order valence-corrected chi connectivity index (χ2v) is 3.87. The zero-order valence-corrected chi connectivity index (χ0v) is 8.30. The molecule has 1 atom stereocenters. The first kappa shape index (κ1) is 9.37. The van der Waals surface area contributed by atoms with Crippen LogP contribution in [0.3, 0.4) is 0 Å². The van der Waals surface area contributed by atoms with Gasteiger partial charge in [-0.15, -0.1) is 0 Å². The van der Waals surface area contributed by atoms with Crippen LogP contribution in [0.1, 0.15) is 17.2 Å². The van der Waals surface area contributed by atoms with E-state index >= 15 is 0 Å². The van der Waals surface area contributed by atoms with Crippen LogP contribution in [0, 0.1) is 5.82 Å². The van der Waals surface area contributed by atoms with E-state index in [0.717, 1.165) is 11.1 Å². The Morgan fingerprint density at radius 2 is 2.07 bits per heavy atom. The standard InChI is InChI=1S/C11H10FNS/c12-10-3-1-2-8(6-10)11(13)9-4-5-14-7-9/h1-7,11H,13H2. The SMILES string of the molecule is NC(c1ccsc1)c1cccc(F)c1. The number of hydrogen-bond donors (Lipinski definition) is 1. The normalized spacial score (nSPS) is 12.7. The molecular weight excluding hydrogens is 197 g/mol. The van der Waals surface area contributed by atoms with Crippen LogP contribution in [-0.2, 0) is 0 Å². The van der Waals surface area contributed by atoms with Gasteiger partial charge in [0.15, 0.2) is 0 Å². The van der Waals surface area contributed by atoms with Gasteiger partial charge in [0.1, 0.15) is 5.82 Å². The first-order chi connectivity index (χ1) is 6.77. The molecule has 0 fully saturated rings. The first-order valence-corrected chi connectivity index (χ1v) is 5.25. The molecule has 0 saturated heterocycles. The van der Waals surface area contributed by atoms with Crippen LogP contribution in [0.4, 0.5) is 4.39 Å². The second-order valence-electron chi connectivity index (χ2n) is 3.09. The minimum Gasteiger partial charge on any atom is -0.320 e. The smallest absolute Gasteiger partial charge is 0.123 e. The fraction of sp³-hybridized carbons (Fsp3) is 0.0909. The predicted octanol–water partition coefficient (Wildman–Crippen LogP) is 2.94. The fourth-order valence-electron chi connectivity index (χ4n) is 1.34. The Bertz CT molecular complexity index is 411. The number of rotatable bonds is 2. The second kappa shape index (κ2) is 3.90. The summed E-state index contributed by atoms with van der Waals surface area (Å²) in [5, 5.41) is 3.95. The zero-order chi connectivity index (χ0) is 9.97. The van der Waals surface area contributed by atoms with Crippen LogP contribution >= 0.6 is 11.3 Å². The highest BCUT2D eigenvalue weighted by Crippen LogP contribution is 2.21. The van der Waals surface area contributed by atoms with Crippen LogP contribution < -0.4 is 5.73 Å². The fourth-order valence-corrected chi connectivity index (χ4v) is 2.04. The molecule has 0 spiro atoms. The first-order valence-electron chi connectivity index (χ1n) is 4.30. The molecule has 0 saturated carbocycles. The Hall–Kier alpha value is -1.19. The van der Waals surface area contributed by atoms with Gasteiger partial charge in [-0.05, 0) is 40.1 Å². The van der Waals surface area contributed by atoms with E-state index in [1.54, 1.807) is 17.4 Å². The van der Waals surface area contributed by atoms with E-state index in [1.165, 1.54) is 12.1 Å². The molecular formula is C11H10FNS. The van der Waals surface area contributed by atoms with Gasteiger partial charge in [-0.2, -0.15) is 11.3 Å². The molecule has 1 nitrogen and oxygen atoms in total. The third-order valence-electron chi connectivity index (χ3n) is 2.11. The van der Waals surface area contributed by atoms with Gasteiger partial charge in [0.05, 0.1) is 6.04 Å². The van der Waals surface area contributed by atoms with Gasteiger partial charge < -0.3 is 5.73 Å². The van der Waals surface area contributed by atoms with Gasteiger partial charge in [0, 0.05) is 0 Å². The largest absolute Gasteiger partial charge is 0.320 e. The summed E-state index contributed by atoms with van der Waals surface area (Å²) in [4.78, 5) is 0. The molecule has 72 valence electrons. The zero-order valence-electron chi connectivity index (χ0n) is 7.48. The van der Waals surface area contributed by atoms with Crippen molar-refractivity contribution in [2.45, 2.75) is 6.04 Å². The summed E-state index contributed by atoms with van der Waals surface area (Å²) >= 11 is 1.59. The van der Waals surface area contributed by atoms with E-state index in [4.69, 9.17) is 5.73 Å². The molecule has 0 radical (unpaired) electrons. The van der Waals surface area contributed by atoms with Crippen LogP contribution in [-0.4, -0.2) is 0 Å². The topological polar surface area (TPSA) is 26.0 Å². The van der Waals surface area contributed by atoms with Crippen molar-refractivity contribution in [3.05, 3.63) is 58.0 Å². The van der Waals surface area contributed by atoms with Crippen LogP contribution in [0.5, 0.6) is 0 Å². The van der Waals surface area contributed by atoms with E-state index in [1.807, 2.05) is 22.9 Å². The summed E-state index contributed by atoms with van der Waals surface area (Å²) in [6.07, 6.45) is 0. The van der Waals surface area contributed by atoms with Crippen molar-refractivity contribution in [3.8, 4) is 0 Å². The summed E-state index contributed by atoms with van der Waals surface area (Å²) < 4.78 is 12.9. The molecule has 0 amide bonds. The lowest BCUT2D eigenvalue weighted by atomic mass is 10.0. The third kappa shape index (κ3) is 1.84. The van der Waals surface area contributed by atoms with Crippen molar-refractivity contribution in [1.29, 1.82) is 0 Å². The van der Waals surface area contributed by atoms with Crippen molar-refractivity contribution in [2.24, 2.45) is 5.73 Å². The van der Waals surface area contributed by atoms with Crippen molar-refractivity contribution in [3.63, 3.8) is 0 Å². The maximum atomic E-state index is 12.9. The quantitative estimate of drug-likeness (QED) is 0.805. The molecule has 0 aliphatic rings. The molecule has 2 rings (SSSR count). The average molecular weight is 207 g/mol. The van der Waals surface area contributed by atoms with E-state index in [-0.39, 0.29) is 11.9 Å². The molecule has 1 aromatic heterocycles. The van der Waals surface area contributed by atoms with Gasteiger partial charge in [0.2, 0.25) is 0 Å². The van der Waals surface area contributed by atoms with Crippen molar-refractivity contribution in [2.75, 3.05) is 0 Å². The molecule has 3 heteroatoms. The summed E-state index contributed by atoms with van der Waals surface area (Å²) in [6, 6.07) is 8.14. The van der Waals surface area contributed by atoms with E-state index in [0.29, 0.717) is 0 Å². The highest BCUT2D eigenvalue weighted by Gasteiger charge is 2.09. The van der Waals surface area contributed by atoms with Gasteiger partial charge in [0.25, 0.3) is 0 Å². The molecule has 1 aromatic carbocycles. The number of benzene rings is 1. The molecule has 14 heavy (non-hydrogen) atoms. The van der Waals surface area contributed by atoms with E-state index in [9.17, 15) is 4.39 Å².